The van der Waals surface area contributed by atoms with Crippen molar-refractivity contribution in [2.45, 2.75) is 43.7 Å². The molecule has 6 rings (SSSR count). The highest BCUT2D eigenvalue weighted by atomic mass is 35.5. The molecule has 42 heavy (non-hydrogen) atoms. The molecule has 1 unspecified atom stereocenters. The molecule has 0 bridgehead atoms. The highest BCUT2D eigenvalue weighted by Gasteiger charge is 2.54. The summed E-state index contributed by atoms with van der Waals surface area (Å²) in [7, 11) is 3.23. The Morgan fingerprint density at radius 3 is 2.55 bits per heavy atom. The molecule has 1 saturated carbocycles. The van der Waals surface area contributed by atoms with E-state index in [0.29, 0.717) is 45.6 Å². The Labute approximate surface area is 253 Å². The Morgan fingerprint density at radius 2 is 1.83 bits per heavy atom. The SMILES string of the molecule is COC(=O)c1ccc2nc([C@H]3C(c4cccc(Cl)c4F)[C@H](C(=O)Nc4cccc(Cl)c4)N(CC4CC4)[C@H]3C)n(C)c2c1. The highest BCUT2D eigenvalue weighted by molar-refractivity contribution is 6.31. The standard InChI is InChI=1S/C32H31Cl2FN4O3/c1-17-26(30-37-24-13-12-19(32(41)42-3)14-25(24)38(30)2)27(22-8-5-9-23(34)28(22)35)29(39(17)16-18-10-11-18)31(40)36-21-7-4-6-20(33)15-21/h4-9,12-15,17-18,26-27,29H,10-11,16H2,1-3H3,(H,36,40)/t17-,26+,27?,29+/m0/s1. The van der Waals surface area contributed by atoms with E-state index in [1.807, 2.05) is 11.6 Å². The summed E-state index contributed by atoms with van der Waals surface area (Å²) in [4.78, 5) is 33.7. The lowest BCUT2D eigenvalue weighted by molar-refractivity contribution is -0.121. The van der Waals surface area contributed by atoms with Crippen LogP contribution in [0.4, 0.5) is 10.1 Å². The van der Waals surface area contributed by atoms with Gasteiger partial charge >= 0.3 is 5.97 Å². The van der Waals surface area contributed by atoms with Gasteiger partial charge in [0, 0.05) is 42.2 Å². The number of methoxy groups -OCH3 is 1. The van der Waals surface area contributed by atoms with Crippen molar-refractivity contribution in [3.05, 3.63) is 93.5 Å². The van der Waals surface area contributed by atoms with E-state index < -0.39 is 23.7 Å². The number of amides is 1. The van der Waals surface area contributed by atoms with E-state index in [1.165, 1.54) is 13.2 Å². The summed E-state index contributed by atoms with van der Waals surface area (Å²) in [5.74, 6) is -1.03. The quantitative estimate of drug-likeness (QED) is 0.234. The van der Waals surface area contributed by atoms with Gasteiger partial charge in [0.15, 0.2) is 0 Å². The van der Waals surface area contributed by atoms with Gasteiger partial charge in [0.05, 0.1) is 34.8 Å². The van der Waals surface area contributed by atoms with Crippen molar-refractivity contribution in [1.29, 1.82) is 0 Å². The van der Waals surface area contributed by atoms with E-state index in [2.05, 4.69) is 17.1 Å². The maximum atomic E-state index is 15.9. The first kappa shape index (κ1) is 28.6. The molecule has 1 N–H and O–H groups in total. The maximum Gasteiger partial charge on any atom is 0.337 e. The maximum absolute atomic E-state index is 15.9. The van der Waals surface area contributed by atoms with E-state index in [4.69, 9.17) is 32.9 Å². The molecule has 7 nitrogen and oxygen atoms in total. The Morgan fingerprint density at radius 1 is 1.07 bits per heavy atom. The second kappa shape index (κ2) is 11.3. The summed E-state index contributed by atoms with van der Waals surface area (Å²) in [5, 5.41) is 3.55. The second-order valence-corrected chi connectivity index (χ2v) is 12.1. The number of carbonyl (C=O) groups excluding carboxylic acids is 2. The molecule has 1 saturated heterocycles. The molecule has 0 spiro atoms. The Balaban J connectivity index is 1.51. The Bertz CT molecular complexity index is 1690. The molecule has 2 heterocycles. The summed E-state index contributed by atoms with van der Waals surface area (Å²) < 4.78 is 22.8. The fraction of sp³-hybridized carbons (Fsp3) is 0.344. The smallest absolute Gasteiger partial charge is 0.337 e. The average molecular weight is 610 g/mol. The summed E-state index contributed by atoms with van der Waals surface area (Å²) in [6.45, 7) is 2.79. The van der Waals surface area contributed by atoms with Crippen molar-refractivity contribution >= 4 is 51.8 Å². The fourth-order valence-corrected chi connectivity index (χ4v) is 6.78. The molecule has 4 atom stereocenters. The van der Waals surface area contributed by atoms with Crippen LogP contribution in [0.2, 0.25) is 10.0 Å². The summed E-state index contributed by atoms with van der Waals surface area (Å²) in [6, 6.07) is 16.3. The summed E-state index contributed by atoms with van der Waals surface area (Å²) in [5.41, 5.74) is 2.78. The van der Waals surface area contributed by atoms with E-state index >= 15 is 4.39 Å². The minimum absolute atomic E-state index is 0.00117. The van der Waals surface area contributed by atoms with Gasteiger partial charge in [-0.15, -0.1) is 0 Å². The number of imidazole rings is 1. The third-order valence-electron chi connectivity index (χ3n) is 8.63. The minimum Gasteiger partial charge on any atom is -0.465 e. The third-order valence-corrected chi connectivity index (χ3v) is 9.16. The molecule has 1 aromatic heterocycles. The van der Waals surface area contributed by atoms with Crippen LogP contribution in [0.5, 0.6) is 0 Å². The number of aryl methyl sites for hydroxylation is 1. The first-order valence-electron chi connectivity index (χ1n) is 14.0. The molecule has 10 heteroatoms. The number of rotatable bonds is 7. The van der Waals surface area contributed by atoms with Crippen molar-refractivity contribution in [3.8, 4) is 0 Å². The van der Waals surface area contributed by atoms with Gasteiger partial charge in [-0.3, -0.25) is 9.69 Å². The number of nitrogens with zero attached hydrogens (tertiary/aromatic N) is 3. The summed E-state index contributed by atoms with van der Waals surface area (Å²) in [6.07, 6.45) is 2.19. The molecule has 218 valence electrons. The molecular weight excluding hydrogens is 578 g/mol. The molecule has 2 aliphatic rings. The van der Waals surface area contributed by atoms with Crippen molar-refractivity contribution in [2.24, 2.45) is 13.0 Å². The number of hydrogen-bond donors (Lipinski definition) is 1. The summed E-state index contributed by atoms with van der Waals surface area (Å²) >= 11 is 12.5. The zero-order valence-electron chi connectivity index (χ0n) is 23.5. The van der Waals surface area contributed by atoms with Gasteiger partial charge in [-0.1, -0.05) is 41.4 Å². The van der Waals surface area contributed by atoms with E-state index in [0.717, 1.165) is 18.4 Å². The average Bonchev–Trinajstić information content (AvgIpc) is 3.68. The number of benzene rings is 3. The number of fused-ring (bicyclic) bond motifs is 1. The minimum atomic E-state index is -0.706. The number of nitrogens with one attached hydrogen (secondary N) is 1. The lowest BCUT2D eigenvalue weighted by atomic mass is 9.80. The number of carbonyl (C=O) groups is 2. The van der Waals surface area contributed by atoms with Crippen LogP contribution in [0, 0.1) is 11.7 Å². The van der Waals surface area contributed by atoms with Gasteiger partial charge in [-0.05, 0) is 73.7 Å². The third kappa shape index (κ3) is 5.16. The molecule has 3 aromatic carbocycles. The number of anilines is 1. The Hall–Kier alpha value is -3.46. The lowest BCUT2D eigenvalue weighted by Gasteiger charge is -2.29. The van der Waals surface area contributed by atoms with Crippen LogP contribution in [0.15, 0.2) is 60.7 Å². The number of ether oxygens (including phenoxy) is 1. The van der Waals surface area contributed by atoms with Gasteiger partial charge in [-0.25, -0.2) is 14.2 Å². The molecular formula is C32H31Cl2FN4O3. The normalized spacial score (nSPS) is 22.4. The van der Waals surface area contributed by atoms with Crippen LogP contribution >= 0.6 is 23.2 Å². The van der Waals surface area contributed by atoms with Gasteiger partial charge in [0.2, 0.25) is 5.91 Å². The monoisotopic (exact) mass is 608 g/mol. The molecule has 1 amide bonds. The van der Waals surface area contributed by atoms with Crippen molar-refractivity contribution in [2.75, 3.05) is 19.0 Å². The van der Waals surface area contributed by atoms with E-state index in [1.54, 1.807) is 54.6 Å². The van der Waals surface area contributed by atoms with Crippen LogP contribution in [-0.4, -0.2) is 52.1 Å². The first-order chi connectivity index (χ1) is 20.2. The topological polar surface area (TPSA) is 76.5 Å². The number of likely N-dealkylation sites (tertiary alicyclic amines) is 1. The largest absolute Gasteiger partial charge is 0.465 e. The van der Waals surface area contributed by atoms with Crippen molar-refractivity contribution < 1.29 is 18.7 Å². The highest BCUT2D eigenvalue weighted by Crippen LogP contribution is 2.51. The van der Waals surface area contributed by atoms with Gasteiger partial charge < -0.3 is 14.6 Å². The van der Waals surface area contributed by atoms with Gasteiger partial charge in [0.1, 0.15) is 11.6 Å². The number of hydrogen-bond acceptors (Lipinski definition) is 5. The number of halogens is 3. The van der Waals surface area contributed by atoms with Crippen molar-refractivity contribution in [3.63, 3.8) is 0 Å². The number of esters is 1. The molecule has 2 fully saturated rings. The van der Waals surface area contributed by atoms with Crippen LogP contribution < -0.4 is 5.32 Å². The predicted octanol–water partition coefficient (Wildman–Crippen LogP) is 6.79. The molecule has 1 aliphatic heterocycles. The molecule has 4 aromatic rings. The van der Waals surface area contributed by atoms with Gasteiger partial charge in [0.25, 0.3) is 0 Å². The van der Waals surface area contributed by atoms with Crippen LogP contribution in [-0.2, 0) is 16.6 Å². The Kier molecular flexibility index (Phi) is 7.72. The fourth-order valence-electron chi connectivity index (χ4n) is 6.41. The van der Waals surface area contributed by atoms with Crippen LogP contribution in [0.3, 0.4) is 0 Å². The number of aromatic nitrogens is 2. The first-order valence-corrected chi connectivity index (χ1v) is 14.7. The van der Waals surface area contributed by atoms with Gasteiger partial charge in [-0.2, -0.15) is 0 Å². The molecule has 1 aliphatic carbocycles. The zero-order chi connectivity index (χ0) is 29.7. The van der Waals surface area contributed by atoms with Crippen LogP contribution in [0.1, 0.15) is 53.3 Å². The van der Waals surface area contributed by atoms with E-state index in [-0.39, 0.29) is 22.9 Å². The zero-order valence-corrected chi connectivity index (χ0v) is 25.0. The predicted molar refractivity (Wildman–Crippen MR) is 162 cm³/mol. The van der Waals surface area contributed by atoms with Crippen molar-refractivity contribution in [1.82, 2.24) is 14.5 Å². The molecule has 0 radical (unpaired) electrons. The van der Waals surface area contributed by atoms with Crippen LogP contribution in [0.25, 0.3) is 11.0 Å². The lowest BCUT2D eigenvalue weighted by Crippen LogP contribution is -2.45. The second-order valence-electron chi connectivity index (χ2n) is 11.2. The van der Waals surface area contributed by atoms with E-state index in [9.17, 15) is 9.59 Å².